The molecular formula is C20H24N2O4. The maximum Gasteiger partial charge on any atom is 0.220 e. The zero-order valence-electron chi connectivity index (χ0n) is 14.6. The van der Waals surface area contributed by atoms with E-state index in [1.165, 1.54) is 0 Å². The number of nitrogens with one attached hydrogen (secondary N) is 1. The van der Waals surface area contributed by atoms with E-state index in [9.17, 15) is 4.79 Å². The number of carbonyl (C=O) groups excluding carboxylic acids is 1. The van der Waals surface area contributed by atoms with E-state index in [2.05, 4.69) is 10.3 Å². The average Bonchev–Trinajstić information content (AvgIpc) is 2.69. The second kappa shape index (κ2) is 9.31. The van der Waals surface area contributed by atoms with Gasteiger partial charge in [-0.25, -0.2) is 0 Å². The van der Waals surface area contributed by atoms with Gasteiger partial charge in [-0.2, -0.15) is 0 Å². The van der Waals surface area contributed by atoms with Crippen LogP contribution in [0.4, 0.5) is 0 Å². The number of aliphatic hydroxyl groups excluding tert-OH is 1. The predicted octanol–water partition coefficient (Wildman–Crippen LogP) is 1.86. The van der Waals surface area contributed by atoms with Crippen molar-refractivity contribution in [3.8, 4) is 5.75 Å². The Morgan fingerprint density at radius 3 is 2.85 bits per heavy atom. The monoisotopic (exact) mass is 356 g/mol. The van der Waals surface area contributed by atoms with Crippen LogP contribution in [0, 0.1) is 0 Å². The van der Waals surface area contributed by atoms with Gasteiger partial charge >= 0.3 is 0 Å². The minimum Gasteiger partial charge on any atom is -0.488 e. The fraction of sp³-hybridized carbons (Fsp3) is 0.400. The number of aryl methyl sites for hydroxylation is 1. The average molecular weight is 356 g/mol. The zero-order valence-corrected chi connectivity index (χ0v) is 14.6. The van der Waals surface area contributed by atoms with Crippen LogP contribution in [-0.4, -0.2) is 41.4 Å². The van der Waals surface area contributed by atoms with Crippen LogP contribution in [0.2, 0.25) is 0 Å². The maximum absolute atomic E-state index is 12.3. The van der Waals surface area contributed by atoms with Gasteiger partial charge in [0.05, 0.1) is 25.9 Å². The third-order valence-corrected chi connectivity index (χ3v) is 4.37. The molecule has 3 rings (SSSR count). The number of nitrogens with zero attached hydrogens (tertiary/aromatic N) is 1. The molecule has 0 unspecified atom stereocenters. The number of hydrogen-bond acceptors (Lipinski definition) is 5. The fourth-order valence-corrected chi connectivity index (χ4v) is 2.91. The highest BCUT2D eigenvalue weighted by atomic mass is 16.5. The molecular weight excluding hydrogens is 332 g/mol. The van der Waals surface area contributed by atoms with Gasteiger partial charge in [0.15, 0.2) is 0 Å². The lowest BCUT2D eigenvalue weighted by molar-refractivity contribution is -0.124. The summed E-state index contributed by atoms with van der Waals surface area (Å²) in [6.07, 6.45) is 3.29. The molecule has 1 amide bonds. The third-order valence-electron chi connectivity index (χ3n) is 4.37. The molecule has 138 valence electrons. The summed E-state index contributed by atoms with van der Waals surface area (Å²) < 4.78 is 11.6. The summed E-state index contributed by atoms with van der Waals surface area (Å²) in [5.74, 6) is 0.692. The molecule has 2 heterocycles. The summed E-state index contributed by atoms with van der Waals surface area (Å²) in [6, 6.07) is 12.8. The maximum atomic E-state index is 12.3. The molecule has 2 atom stereocenters. The van der Waals surface area contributed by atoms with Crippen molar-refractivity contribution >= 4 is 5.91 Å². The van der Waals surface area contributed by atoms with Crippen molar-refractivity contribution in [2.45, 2.75) is 38.0 Å². The second-order valence-corrected chi connectivity index (χ2v) is 6.32. The molecule has 1 saturated heterocycles. The van der Waals surface area contributed by atoms with Crippen LogP contribution in [0.15, 0.2) is 48.7 Å². The summed E-state index contributed by atoms with van der Waals surface area (Å²) >= 11 is 0. The van der Waals surface area contributed by atoms with E-state index in [-0.39, 0.29) is 24.7 Å². The van der Waals surface area contributed by atoms with Crippen molar-refractivity contribution < 1.29 is 19.4 Å². The lowest BCUT2D eigenvalue weighted by Gasteiger charge is -2.32. The molecule has 1 aromatic carbocycles. The minimum absolute atomic E-state index is 0.00645. The molecule has 0 saturated carbocycles. The number of aliphatic hydroxyl groups is 1. The first-order valence-corrected chi connectivity index (χ1v) is 8.88. The predicted molar refractivity (Wildman–Crippen MR) is 96.7 cm³/mol. The molecule has 6 heteroatoms. The summed E-state index contributed by atoms with van der Waals surface area (Å²) in [5.41, 5.74) is 1.74. The Bertz CT molecular complexity index is 691. The van der Waals surface area contributed by atoms with Crippen LogP contribution in [0.3, 0.4) is 0 Å². The number of amides is 1. The summed E-state index contributed by atoms with van der Waals surface area (Å²) in [6.45, 7) is 1.06. The molecule has 26 heavy (non-hydrogen) atoms. The highest BCUT2D eigenvalue weighted by molar-refractivity contribution is 5.76. The molecule has 1 aromatic heterocycles. The van der Waals surface area contributed by atoms with Crippen LogP contribution >= 0.6 is 0 Å². The van der Waals surface area contributed by atoms with Gasteiger partial charge in [0, 0.05) is 24.7 Å². The van der Waals surface area contributed by atoms with Gasteiger partial charge in [-0.3, -0.25) is 9.78 Å². The first kappa shape index (κ1) is 18.4. The van der Waals surface area contributed by atoms with Gasteiger partial charge < -0.3 is 19.9 Å². The number of ether oxygens (including phenoxy) is 2. The Balaban J connectivity index is 1.53. The van der Waals surface area contributed by atoms with E-state index < -0.39 is 0 Å². The molecule has 0 aliphatic carbocycles. The highest BCUT2D eigenvalue weighted by Gasteiger charge is 2.28. The van der Waals surface area contributed by atoms with E-state index in [0.717, 1.165) is 17.0 Å². The lowest BCUT2D eigenvalue weighted by atomic mass is 10.1. The van der Waals surface area contributed by atoms with Crippen molar-refractivity contribution in [3.63, 3.8) is 0 Å². The van der Waals surface area contributed by atoms with Crippen molar-refractivity contribution in [2.24, 2.45) is 0 Å². The van der Waals surface area contributed by atoms with Gasteiger partial charge in [0.25, 0.3) is 0 Å². The van der Waals surface area contributed by atoms with Crippen LogP contribution in [0.1, 0.15) is 24.1 Å². The molecule has 1 aliphatic heterocycles. The normalized spacial score (nSPS) is 19.7. The van der Waals surface area contributed by atoms with E-state index in [1.807, 2.05) is 42.5 Å². The lowest BCUT2D eigenvalue weighted by Crippen LogP contribution is -2.51. The molecule has 1 fully saturated rings. The molecule has 0 radical (unpaired) electrons. The smallest absolute Gasteiger partial charge is 0.220 e. The molecule has 0 bridgehead atoms. The Labute approximate surface area is 153 Å². The first-order valence-electron chi connectivity index (χ1n) is 8.88. The molecule has 0 spiro atoms. The van der Waals surface area contributed by atoms with Crippen LogP contribution < -0.4 is 10.1 Å². The van der Waals surface area contributed by atoms with Gasteiger partial charge in [-0.05, 0) is 36.2 Å². The van der Waals surface area contributed by atoms with E-state index in [1.54, 1.807) is 6.20 Å². The summed E-state index contributed by atoms with van der Waals surface area (Å²) in [4.78, 5) is 16.5. The van der Waals surface area contributed by atoms with Gasteiger partial charge in [-0.15, -0.1) is 0 Å². The molecule has 2 aromatic rings. The number of carbonyl (C=O) groups is 1. The number of hydrogen-bond donors (Lipinski definition) is 2. The fourth-order valence-electron chi connectivity index (χ4n) is 2.91. The standard InChI is InChI=1S/C20H24N2O4/c23-13-15-4-7-17(8-5-15)26-19-10-12-25-14-18(19)22-20(24)9-6-16-3-1-2-11-21-16/h1-5,7-8,11,18-19,23H,6,9-10,12-14H2,(H,22,24)/t18-,19-/m1/s1. The quantitative estimate of drug-likeness (QED) is 0.791. The molecule has 2 N–H and O–H groups in total. The van der Waals surface area contributed by atoms with Crippen LogP contribution in [0.5, 0.6) is 5.75 Å². The van der Waals surface area contributed by atoms with Gasteiger partial charge in [-0.1, -0.05) is 18.2 Å². The second-order valence-electron chi connectivity index (χ2n) is 6.32. The Morgan fingerprint density at radius 1 is 1.27 bits per heavy atom. The molecule has 1 aliphatic rings. The Hall–Kier alpha value is -2.44. The van der Waals surface area contributed by atoms with Gasteiger partial charge in [0.1, 0.15) is 11.9 Å². The minimum atomic E-state index is -0.183. The van der Waals surface area contributed by atoms with Crippen LogP contribution in [0.25, 0.3) is 0 Å². The first-order chi connectivity index (χ1) is 12.7. The number of pyridine rings is 1. The van der Waals surface area contributed by atoms with Crippen molar-refractivity contribution in [1.82, 2.24) is 10.3 Å². The van der Waals surface area contributed by atoms with E-state index in [4.69, 9.17) is 14.6 Å². The Kier molecular flexibility index (Phi) is 6.57. The summed E-state index contributed by atoms with van der Waals surface area (Å²) in [7, 11) is 0. The van der Waals surface area contributed by atoms with Gasteiger partial charge in [0.2, 0.25) is 5.91 Å². The largest absolute Gasteiger partial charge is 0.488 e. The van der Waals surface area contributed by atoms with Crippen LogP contribution in [-0.2, 0) is 22.6 Å². The molecule has 6 nitrogen and oxygen atoms in total. The zero-order chi connectivity index (χ0) is 18.2. The van der Waals surface area contributed by atoms with Crippen molar-refractivity contribution in [1.29, 1.82) is 0 Å². The SMILES string of the molecule is O=C(CCc1ccccn1)N[C@@H]1COCC[C@H]1Oc1ccc(CO)cc1. The highest BCUT2D eigenvalue weighted by Crippen LogP contribution is 2.19. The van der Waals surface area contributed by atoms with E-state index >= 15 is 0 Å². The summed E-state index contributed by atoms with van der Waals surface area (Å²) in [5, 5.41) is 12.1. The van der Waals surface area contributed by atoms with Crippen molar-refractivity contribution in [2.75, 3.05) is 13.2 Å². The van der Waals surface area contributed by atoms with Crippen molar-refractivity contribution in [3.05, 3.63) is 59.9 Å². The topological polar surface area (TPSA) is 80.7 Å². The number of benzene rings is 1. The number of rotatable bonds is 7. The van der Waals surface area contributed by atoms with E-state index in [0.29, 0.717) is 32.5 Å². The third kappa shape index (κ3) is 5.28. The number of aromatic nitrogens is 1. The Morgan fingerprint density at radius 2 is 2.12 bits per heavy atom.